The molecule has 2 aromatic carbocycles. The lowest BCUT2D eigenvalue weighted by Gasteiger charge is -2.38. The first-order chi connectivity index (χ1) is 20.6. The zero-order chi connectivity index (χ0) is 32.7. The van der Waals surface area contributed by atoms with E-state index in [-0.39, 0.29) is 18.6 Å². The maximum atomic E-state index is 13.5. The Morgan fingerprint density at radius 2 is 1.55 bits per heavy atom. The summed E-state index contributed by atoms with van der Waals surface area (Å²) in [5.74, 6) is -3.82. The van der Waals surface area contributed by atoms with Crippen LogP contribution in [-0.2, 0) is 36.8 Å². The van der Waals surface area contributed by atoms with Gasteiger partial charge in [0, 0.05) is 11.2 Å². The van der Waals surface area contributed by atoms with Crippen LogP contribution in [0.5, 0.6) is 5.75 Å². The highest BCUT2D eigenvalue weighted by atomic mass is 33.1. The SMILES string of the molecule is CC1(C)SSC(C)(C)[C@H](C(=O)O)NC(=O)[C@H](Cc2ccccc2)NC(=O)CNC(=O)C1NC(=O)[C@@H](N)Cc1ccc(O)cc1. The first-order valence-corrected chi connectivity index (χ1v) is 16.1. The average Bonchev–Trinajstić information content (AvgIpc) is 2.96. The van der Waals surface area contributed by atoms with Crippen molar-refractivity contribution in [2.45, 2.75) is 74.2 Å². The number of hydrogen-bond acceptors (Lipinski definition) is 9. The molecule has 1 saturated heterocycles. The third-order valence-electron chi connectivity index (χ3n) is 7.03. The lowest BCUT2D eigenvalue weighted by molar-refractivity contribution is -0.143. The number of hydrogen-bond donors (Lipinski definition) is 7. The maximum absolute atomic E-state index is 13.5. The smallest absolute Gasteiger partial charge is 0.327 e. The van der Waals surface area contributed by atoms with Crippen LogP contribution in [0, 0.1) is 0 Å². The molecule has 0 aliphatic carbocycles. The van der Waals surface area contributed by atoms with E-state index in [4.69, 9.17) is 5.73 Å². The zero-order valence-electron chi connectivity index (χ0n) is 25.0. The number of phenols is 1. The summed E-state index contributed by atoms with van der Waals surface area (Å²) in [5.41, 5.74) is 7.61. The largest absolute Gasteiger partial charge is 0.508 e. The Bertz CT molecular complexity index is 1360. The Labute approximate surface area is 264 Å². The summed E-state index contributed by atoms with van der Waals surface area (Å²) in [6.45, 7) is 6.21. The monoisotopic (exact) mass is 645 g/mol. The molecule has 0 bridgehead atoms. The van der Waals surface area contributed by atoms with Crippen LogP contribution in [0.15, 0.2) is 54.6 Å². The molecule has 0 radical (unpaired) electrons. The molecule has 0 aromatic heterocycles. The van der Waals surface area contributed by atoms with E-state index in [9.17, 15) is 34.2 Å². The predicted molar refractivity (Wildman–Crippen MR) is 170 cm³/mol. The summed E-state index contributed by atoms with van der Waals surface area (Å²) in [7, 11) is 2.32. The quantitative estimate of drug-likeness (QED) is 0.214. The fourth-order valence-corrected chi connectivity index (χ4v) is 7.26. The number of nitrogens with two attached hydrogens (primary N) is 1. The van der Waals surface area contributed by atoms with E-state index in [0.717, 1.165) is 16.4 Å². The van der Waals surface area contributed by atoms with Gasteiger partial charge in [-0.2, -0.15) is 0 Å². The molecule has 44 heavy (non-hydrogen) atoms. The molecule has 8 N–H and O–H groups in total. The van der Waals surface area contributed by atoms with Gasteiger partial charge < -0.3 is 37.2 Å². The molecule has 238 valence electrons. The molecule has 1 fully saturated rings. The van der Waals surface area contributed by atoms with Gasteiger partial charge in [0.15, 0.2) is 0 Å². The number of carboxylic acid groups (broad SMARTS) is 1. The molecule has 12 nitrogen and oxygen atoms in total. The Balaban J connectivity index is 1.88. The Morgan fingerprint density at radius 1 is 0.932 bits per heavy atom. The molecule has 1 aliphatic heterocycles. The highest BCUT2D eigenvalue weighted by Crippen LogP contribution is 2.46. The molecule has 3 rings (SSSR count). The Hall–Kier alpha value is -3.75. The maximum Gasteiger partial charge on any atom is 0.327 e. The van der Waals surface area contributed by atoms with Crippen molar-refractivity contribution in [3.8, 4) is 5.75 Å². The fraction of sp³-hybridized carbons (Fsp3) is 0.433. The van der Waals surface area contributed by atoms with E-state index in [2.05, 4.69) is 21.3 Å². The van der Waals surface area contributed by atoms with Crippen LogP contribution >= 0.6 is 21.6 Å². The zero-order valence-corrected chi connectivity index (χ0v) is 26.6. The molecule has 1 unspecified atom stereocenters. The minimum absolute atomic E-state index is 0.0718. The van der Waals surface area contributed by atoms with Gasteiger partial charge in [-0.1, -0.05) is 64.1 Å². The van der Waals surface area contributed by atoms with Gasteiger partial charge in [-0.25, -0.2) is 4.79 Å². The normalized spacial score (nSPS) is 23.2. The first-order valence-electron chi connectivity index (χ1n) is 13.9. The minimum Gasteiger partial charge on any atom is -0.508 e. The molecular weight excluding hydrogens is 606 g/mol. The van der Waals surface area contributed by atoms with Crippen LogP contribution in [0.4, 0.5) is 0 Å². The number of rotatable bonds is 7. The third kappa shape index (κ3) is 9.63. The number of carbonyl (C=O) groups excluding carboxylic acids is 4. The lowest BCUT2D eigenvalue weighted by Crippen LogP contribution is -2.61. The number of carboxylic acids is 1. The summed E-state index contributed by atoms with van der Waals surface area (Å²) in [6.07, 6.45) is 0.229. The fourth-order valence-electron chi connectivity index (χ4n) is 4.44. The standard InChI is InChI=1S/C30H39N5O7S2/c1-29(2)23(34-25(38)20(31)14-18-10-12-19(36)13-11-18)27(40)32-16-22(37)33-21(15-17-8-6-5-7-9-17)26(39)35-24(28(41)42)30(3,4)44-43-29/h5-13,20-21,23-24,36H,14-16,31H2,1-4H3,(H,32,40)(H,33,37)(H,34,38)(H,35,39)(H,41,42)/t20-,21-,23?,24-/m0/s1. The van der Waals surface area contributed by atoms with Crippen molar-refractivity contribution in [3.63, 3.8) is 0 Å². The number of carbonyl (C=O) groups is 5. The highest BCUT2D eigenvalue weighted by Gasteiger charge is 2.44. The van der Waals surface area contributed by atoms with Gasteiger partial charge in [0.2, 0.25) is 23.6 Å². The van der Waals surface area contributed by atoms with Crippen LogP contribution in [0.2, 0.25) is 0 Å². The molecule has 4 atom stereocenters. The Kier molecular flexibility index (Phi) is 11.7. The van der Waals surface area contributed by atoms with Crippen LogP contribution < -0.4 is 27.0 Å². The van der Waals surface area contributed by atoms with Crippen molar-refractivity contribution < 1.29 is 34.2 Å². The van der Waals surface area contributed by atoms with Gasteiger partial charge >= 0.3 is 5.97 Å². The highest BCUT2D eigenvalue weighted by molar-refractivity contribution is 8.77. The molecule has 1 aliphatic rings. The minimum atomic E-state index is -1.36. The van der Waals surface area contributed by atoms with E-state index in [1.54, 1.807) is 70.2 Å². The summed E-state index contributed by atoms with van der Waals surface area (Å²) < 4.78 is -2.14. The predicted octanol–water partition coefficient (Wildman–Crippen LogP) is 1.11. The summed E-state index contributed by atoms with van der Waals surface area (Å²) in [5, 5.41) is 30.1. The molecule has 0 spiro atoms. The van der Waals surface area contributed by atoms with Gasteiger partial charge in [-0.15, -0.1) is 0 Å². The van der Waals surface area contributed by atoms with E-state index in [1.165, 1.54) is 22.9 Å². The second-order valence-electron chi connectivity index (χ2n) is 11.6. The summed E-state index contributed by atoms with van der Waals surface area (Å²) in [4.78, 5) is 65.4. The number of aliphatic carboxylic acids is 1. The molecule has 2 aromatic rings. The number of amides is 4. The van der Waals surface area contributed by atoms with Crippen molar-refractivity contribution >= 4 is 51.2 Å². The second-order valence-corrected chi connectivity index (χ2v) is 15.0. The third-order valence-corrected chi connectivity index (χ3v) is 11.3. The van der Waals surface area contributed by atoms with E-state index >= 15 is 0 Å². The second kappa shape index (κ2) is 14.8. The van der Waals surface area contributed by atoms with Crippen LogP contribution in [0.1, 0.15) is 38.8 Å². The van der Waals surface area contributed by atoms with Crippen LogP contribution in [-0.4, -0.2) is 80.0 Å². The van der Waals surface area contributed by atoms with Gasteiger partial charge in [0.25, 0.3) is 0 Å². The van der Waals surface area contributed by atoms with E-state index in [1.807, 2.05) is 0 Å². The summed E-state index contributed by atoms with van der Waals surface area (Å²) >= 11 is 0. The van der Waals surface area contributed by atoms with Crippen molar-refractivity contribution in [3.05, 3.63) is 65.7 Å². The molecule has 4 amide bonds. The summed E-state index contributed by atoms with van der Waals surface area (Å²) in [6, 6.07) is 10.5. The number of benzene rings is 2. The number of aromatic hydroxyl groups is 1. The van der Waals surface area contributed by atoms with Gasteiger partial charge in [-0.05, 0) is 57.4 Å². The molecule has 0 saturated carbocycles. The van der Waals surface area contributed by atoms with E-state index < -0.39 is 69.8 Å². The van der Waals surface area contributed by atoms with Crippen LogP contribution in [0.3, 0.4) is 0 Å². The van der Waals surface area contributed by atoms with Crippen molar-refractivity contribution in [2.75, 3.05) is 6.54 Å². The van der Waals surface area contributed by atoms with Gasteiger partial charge in [0.1, 0.15) is 23.9 Å². The van der Waals surface area contributed by atoms with Gasteiger partial charge in [-0.3, -0.25) is 19.2 Å². The number of phenolic OH excluding ortho intramolecular Hbond substituents is 1. The average molecular weight is 646 g/mol. The lowest BCUT2D eigenvalue weighted by atomic mass is 10.00. The molecular formula is C30H39N5O7S2. The Morgan fingerprint density at radius 3 is 2.16 bits per heavy atom. The first kappa shape index (κ1) is 34.7. The topological polar surface area (TPSA) is 200 Å². The van der Waals surface area contributed by atoms with Crippen molar-refractivity contribution in [1.82, 2.24) is 21.3 Å². The molecule has 14 heteroatoms. The van der Waals surface area contributed by atoms with Crippen molar-refractivity contribution in [1.29, 1.82) is 0 Å². The van der Waals surface area contributed by atoms with Crippen LogP contribution in [0.25, 0.3) is 0 Å². The molecule has 1 heterocycles. The number of nitrogens with one attached hydrogen (secondary N) is 4. The van der Waals surface area contributed by atoms with Crippen molar-refractivity contribution in [2.24, 2.45) is 5.73 Å². The van der Waals surface area contributed by atoms with Gasteiger partial charge in [0.05, 0.1) is 17.3 Å². The van der Waals surface area contributed by atoms with E-state index in [0.29, 0.717) is 5.56 Å².